The maximum atomic E-state index is 12.1. The van der Waals surface area contributed by atoms with Crippen molar-refractivity contribution in [2.75, 3.05) is 19.0 Å². The summed E-state index contributed by atoms with van der Waals surface area (Å²) in [6.07, 6.45) is 3.58. The Kier molecular flexibility index (Phi) is 4.76. The van der Waals surface area contributed by atoms with Gasteiger partial charge in [0.2, 0.25) is 5.91 Å². The van der Waals surface area contributed by atoms with Crippen molar-refractivity contribution in [2.45, 2.75) is 18.1 Å². The predicted octanol–water partition coefficient (Wildman–Crippen LogP) is 2.16. The molecule has 0 saturated heterocycles. The van der Waals surface area contributed by atoms with Gasteiger partial charge in [-0.15, -0.1) is 0 Å². The molecule has 0 aliphatic carbocycles. The minimum Gasteiger partial charge on any atom is -0.486 e. The maximum absolute atomic E-state index is 12.1. The van der Waals surface area contributed by atoms with E-state index in [0.29, 0.717) is 19.0 Å². The van der Waals surface area contributed by atoms with E-state index in [9.17, 15) is 4.79 Å². The molecule has 23 heavy (non-hydrogen) atoms. The molecular formula is C16H19N3O3S. The second kappa shape index (κ2) is 6.95. The molecule has 6 nitrogen and oxygen atoms in total. The lowest BCUT2D eigenvalue weighted by atomic mass is 10.1. The fourth-order valence-electron chi connectivity index (χ4n) is 2.32. The van der Waals surface area contributed by atoms with E-state index in [-0.39, 0.29) is 11.9 Å². The monoisotopic (exact) mass is 333 g/mol. The number of rotatable bonds is 5. The van der Waals surface area contributed by atoms with Gasteiger partial charge in [-0.3, -0.25) is 4.79 Å². The van der Waals surface area contributed by atoms with Gasteiger partial charge in [0.1, 0.15) is 13.2 Å². The first-order valence-electron chi connectivity index (χ1n) is 7.42. The Balaban J connectivity index is 1.57. The van der Waals surface area contributed by atoms with Crippen LogP contribution in [-0.2, 0) is 11.8 Å². The van der Waals surface area contributed by atoms with Crippen molar-refractivity contribution in [2.24, 2.45) is 7.05 Å². The van der Waals surface area contributed by atoms with Crippen LogP contribution in [0.25, 0.3) is 0 Å². The first-order valence-corrected chi connectivity index (χ1v) is 8.41. The van der Waals surface area contributed by atoms with Gasteiger partial charge < -0.3 is 19.4 Å². The highest BCUT2D eigenvalue weighted by Gasteiger charge is 2.16. The van der Waals surface area contributed by atoms with Gasteiger partial charge in [0.25, 0.3) is 0 Å². The molecule has 7 heteroatoms. The van der Waals surface area contributed by atoms with Crippen molar-refractivity contribution in [3.05, 3.63) is 36.2 Å². The Morgan fingerprint density at radius 2 is 2.17 bits per heavy atom. The highest BCUT2D eigenvalue weighted by Crippen LogP contribution is 2.32. The minimum absolute atomic E-state index is 0.0274. The van der Waals surface area contributed by atoms with Crippen LogP contribution in [0.4, 0.5) is 0 Å². The zero-order chi connectivity index (χ0) is 16.2. The number of hydrogen-bond donors (Lipinski definition) is 1. The molecule has 0 saturated carbocycles. The van der Waals surface area contributed by atoms with Gasteiger partial charge in [-0.2, -0.15) is 0 Å². The Labute approximate surface area is 139 Å². The van der Waals surface area contributed by atoms with E-state index in [1.54, 1.807) is 6.20 Å². The number of thioether (sulfide) groups is 1. The van der Waals surface area contributed by atoms with Crippen LogP contribution in [0, 0.1) is 0 Å². The summed E-state index contributed by atoms with van der Waals surface area (Å²) in [4.78, 5) is 16.3. The van der Waals surface area contributed by atoms with E-state index in [4.69, 9.17) is 9.47 Å². The Hall–Kier alpha value is -2.15. The summed E-state index contributed by atoms with van der Waals surface area (Å²) in [5.74, 6) is 1.79. The highest BCUT2D eigenvalue weighted by atomic mass is 32.2. The summed E-state index contributed by atoms with van der Waals surface area (Å²) in [6.45, 7) is 3.08. The fourth-order valence-corrected chi connectivity index (χ4v) is 3.06. The number of fused-ring (bicyclic) bond motifs is 1. The van der Waals surface area contributed by atoms with Crippen LogP contribution in [0.2, 0.25) is 0 Å². The molecule has 0 fully saturated rings. The number of nitrogens with one attached hydrogen (secondary N) is 1. The molecule has 1 atom stereocenters. The van der Waals surface area contributed by atoms with E-state index in [1.807, 2.05) is 42.9 Å². The van der Waals surface area contributed by atoms with Gasteiger partial charge in [0.15, 0.2) is 16.7 Å². The first kappa shape index (κ1) is 15.7. The lowest BCUT2D eigenvalue weighted by Gasteiger charge is -2.21. The molecule has 1 N–H and O–H groups in total. The number of benzene rings is 1. The second-order valence-electron chi connectivity index (χ2n) is 5.30. The number of aromatic nitrogens is 2. The zero-order valence-corrected chi connectivity index (χ0v) is 13.9. The highest BCUT2D eigenvalue weighted by molar-refractivity contribution is 7.99. The number of hydrogen-bond acceptors (Lipinski definition) is 5. The summed E-state index contributed by atoms with van der Waals surface area (Å²) in [6, 6.07) is 5.66. The summed E-state index contributed by atoms with van der Waals surface area (Å²) in [5.41, 5.74) is 0.990. The van der Waals surface area contributed by atoms with Crippen LogP contribution in [0.5, 0.6) is 11.5 Å². The van der Waals surface area contributed by atoms with E-state index in [0.717, 1.165) is 22.2 Å². The topological polar surface area (TPSA) is 65.4 Å². The van der Waals surface area contributed by atoms with Gasteiger partial charge in [0, 0.05) is 19.4 Å². The van der Waals surface area contributed by atoms with Crippen LogP contribution in [0.3, 0.4) is 0 Å². The van der Waals surface area contributed by atoms with Gasteiger partial charge in [0.05, 0.1) is 11.8 Å². The SMILES string of the molecule is C[C@@H](NC(=O)CSc1nccn1C)c1ccc2c(c1)OCCO2. The van der Waals surface area contributed by atoms with Crippen LogP contribution in [0.15, 0.2) is 35.7 Å². The lowest BCUT2D eigenvalue weighted by Crippen LogP contribution is -2.28. The molecule has 0 radical (unpaired) electrons. The largest absolute Gasteiger partial charge is 0.486 e. The van der Waals surface area contributed by atoms with E-state index < -0.39 is 0 Å². The molecule has 1 aliphatic rings. The molecule has 2 heterocycles. The van der Waals surface area contributed by atoms with Crippen LogP contribution >= 0.6 is 11.8 Å². The number of amides is 1. The molecule has 3 rings (SSSR count). The van der Waals surface area contributed by atoms with Gasteiger partial charge >= 0.3 is 0 Å². The minimum atomic E-state index is -0.0969. The number of carbonyl (C=O) groups is 1. The average Bonchev–Trinajstić information content (AvgIpc) is 2.97. The summed E-state index contributed by atoms with van der Waals surface area (Å²) in [5, 5.41) is 3.82. The molecule has 122 valence electrons. The maximum Gasteiger partial charge on any atom is 0.230 e. The third-order valence-electron chi connectivity index (χ3n) is 3.55. The van der Waals surface area contributed by atoms with Crippen LogP contribution in [0.1, 0.15) is 18.5 Å². The Morgan fingerprint density at radius 1 is 1.39 bits per heavy atom. The first-order chi connectivity index (χ1) is 11.1. The van der Waals surface area contributed by atoms with Crippen molar-refractivity contribution < 1.29 is 14.3 Å². The molecule has 1 amide bonds. The molecule has 0 bridgehead atoms. The van der Waals surface area contributed by atoms with E-state index in [2.05, 4.69) is 10.3 Å². The van der Waals surface area contributed by atoms with Crippen LogP contribution in [-0.4, -0.2) is 34.4 Å². The molecule has 1 aromatic heterocycles. The van der Waals surface area contributed by atoms with Crippen molar-refractivity contribution in [1.82, 2.24) is 14.9 Å². The number of aryl methyl sites for hydroxylation is 1. The van der Waals surface area contributed by atoms with E-state index >= 15 is 0 Å². The third kappa shape index (κ3) is 3.79. The van der Waals surface area contributed by atoms with Gasteiger partial charge in [-0.25, -0.2) is 4.98 Å². The third-order valence-corrected chi connectivity index (χ3v) is 4.61. The second-order valence-corrected chi connectivity index (χ2v) is 6.24. The van der Waals surface area contributed by atoms with Crippen LogP contribution < -0.4 is 14.8 Å². The van der Waals surface area contributed by atoms with Crippen molar-refractivity contribution in [3.8, 4) is 11.5 Å². The molecule has 0 spiro atoms. The van der Waals surface area contributed by atoms with E-state index in [1.165, 1.54) is 11.8 Å². The molecule has 0 unspecified atom stereocenters. The smallest absolute Gasteiger partial charge is 0.230 e. The Bertz CT molecular complexity index is 702. The standard InChI is InChI=1S/C16H19N3O3S/c1-11(12-3-4-13-14(9-12)22-8-7-21-13)18-15(20)10-23-16-17-5-6-19(16)2/h3-6,9,11H,7-8,10H2,1-2H3,(H,18,20)/t11-/m1/s1. The zero-order valence-electron chi connectivity index (χ0n) is 13.1. The fraction of sp³-hybridized carbons (Fsp3) is 0.375. The van der Waals surface area contributed by atoms with Crippen molar-refractivity contribution >= 4 is 17.7 Å². The normalized spacial score (nSPS) is 14.3. The number of ether oxygens (including phenoxy) is 2. The quantitative estimate of drug-likeness (QED) is 0.850. The molecule has 1 aliphatic heterocycles. The molecular weight excluding hydrogens is 314 g/mol. The van der Waals surface area contributed by atoms with Gasteiger partial charge in [-0.1, -0.05) is 17.8 Å². The number of carbonyl (C=O) groups excluding carboxylic acids is 1. The summed E-state index contributed by atoms with van der Waals surface area (Å²) < 4.78 is 13.0. The average molecular weight is 333 g/mol. The van der Waals surface area contributed by atoms with Gasteiger partial charge in [-0.05, 0) is 24.6 Å². The molecule has 2 aromatic rings. The Morgan fingerprint density at radius 3 is 2.91 bits per heavy atom. The van der Waals surface area contributed by atoms with Crippen molar-refractivity contribution in [1.29, 1.82) is 0 Å². The molecule has 1 aromatic carbocycles. The number of nitrogens with zero attached hydrogens (tertiary/aromatic N) is 2. The summed E-state index contributed by atoms with van der Waals surface area (Å²) >= 11 is 1.42. The van der Waals surface area contributed by atoms with Crippen molar-refractivity contribution in [3.63, 3.8) is 0 Å². The number of imidazole rings is 1. The predicted molar refractivity (Wildman–Crippen MR) is 87.9 cm³/mol. The lowest BCUT2D eigenvalue weighted by molar-refractivity contribution is -0.119. The summed E-state index contributed by atoms with van der Waals surface area (Å²) in [7, 11) is 1.91.